The first-order valence-electron chi connectivity index (χ1n) is 6.30. The molecule has 104 valence electrons. The average Bonchev–Trinajstić information content (AvgIpc) is 2.62. The number of nitrogens with zero attached hydrogens (tertiary/aromatic N) is 2. The Kier molecular flexibility index (Phi) is 5.40. The van der Waals surface area contributed by atoms with Crippen LogP contribution in [0.4, 0.5) is 4.79 Å². The first kappa shape index (κ1) is 14.8. The summed E-state index contributed by atoms with van der Waals surface area (Å²) in [6.07, 6.45) is 1.06. The molecule has 1 heterocycles. The molecule has 2 N–H and O–H groups in total. The van der Waals surface area contributed by atoms with Crippen LogP contribution in [0.5, 0.6) is 0 Å². The number of rotatable bonds is 5. The smallest absolute Gasteiger partial charge is 0.317 e. The Hall–Kier alpha value is -1.30. The molecule has 6 heteroatoms. The van der Waals surface area contributed by atoms with Crippen LogP contribution in [0.25, 0.3) is 0 Å². The molecule has 2 atom stereocenters. The Bertz CT molecular complexity index is 309. The predicted molar refractivity (Wildman–Crippen MR) is 68.5 cm³/mol. The van der Waals surface area contributed by atoms with Gasteiger partial charge in [-0.05, 0) is 32.9 Å². The van der Waals surface area contributed by atoms with E-state index in [-0.39, 0.29) is 18.5 Å². The minimum Gasteiger partial charge on any atom is -0.481 e. The first-order chi connectivity index (χ1) is 8.38. The van der Waals surface area contributed by atoms with Crippen molar-refractivity contribution in [2.45, 2.75) is 25.8 Å². The van der Waals surface area contributed by atoms with Gasteiger partial charge in [0.05, 0.1) is 6.42 Å². The molecule has 1 aliphatic heterocycles. The van der Waals surface area contributed by atoms with Crippen molar-refractivity contribution in [3.8, 4) is 0 Å². The molecule has 2 unspecified atom stereocenters. The average molecular weight is 257 g/mol. The minimum atomic E-state index is -0.900. The van der Waals surface area contributed by atoms with Gasteiger partial charge < -0.3 is 20.2 Å². The lowest BCUT2D eigenvalue weighted by atomic mass is 10.1. The topological polar surface area (TPSA) is 72.9 Å². The van der Waals surface area contributed by atoms with E-state index >= 15 is 0 Å². The normalized spacial score (nSPS) is 21.6. The lowest BCUT2D eigenvalue weighted by molar-refractivity contribution is -0.137. The number of carboxylic acids is 1. The molecule has 1 fully saturated rings. The maximum Gasteiger partial charge on any atom is 0.317 e. The third-order valence-electron chi connectivity index (χ3n) is 3.22. The van der Waals surface area contributed by atoms with Crippen molar-refractivity contribution in [1.29, 1.82) is 0 Å². The molecule has 0 saturated carbocycles. The second kappa shape index (κ2) is 6.58. The molecule has 1 aliphatic rings. The highest BCUT2D eigenvalue weighted by molar-refractivity contribution is 5.75. The molecule has 1 saturated heterocycles. The largest absolute Gasteiger partial charge is 0.481 e. The maximum absolute atomic E-state index is 11.8. The van der Waals surface area contributed by atoms with Crippen molar-refractivity contribution < 1.29 is 14.7 Å². The zero-order chi connectivity index (χ0) is 13.7. The Balaban J connectivity index is 2.30. The summed E-state index contributed by atoms with van der Waals surface area (Å²) < 4.78 is 0. The number of carboxylic acid groups (broad SMARTS) is 1. The molecular weight excluding hydrogens is 234 g/mol. The summed E-state index contributed by atoms with van der Waals surface area (Å²) in [7, 11) is 3.83. The summed E-state index contributed by atoms with van der Waals surface area (Å²) in [5.41, 5.74) is 0. The molecule has 0 aliphatic carbocycles. The SMILES string of the molecule is CC(CC(=O)O)NC(=O)N(C)CC1CCN(C)C1. The third kappa shape index (κ3) is 4.91. The number of carbonyl (C=O) groups is 2. The van der Waals surface area contributed by atoms with Crippen molar-refractivity contribution in [2.75, 3.05) is 33.7 Å². The van der Waals surface area contributed by atoms with Gasteiger partial charge in [-0.25, -0.2) is 4.79 Å². The molecule has 0 aromatic rings. The van der Waals surface area contributed by atoms with Crippen LogP contribution in [0.1, 0.15) is 19.8 Å². The second-order valence-corrected chi connectivity index (χ2v) is 5.25. The number of urea groups is 1. The summed E-state index contributed by atoms with van der Waals surface area (Å²) in [4.78, 5) is 26.2. The van der Waals surface area contributed by atoms with E-state index in [1.54, 1.807) is 18.9 Å². The summed E-state index contributed by atoms with van der Waals surface area (Å²) in [5.74, 6) is -0.386. The molecule has 0 spiro atoms. The number of carbonyl (C=O) groups excluding carboxylic acids is 1. The molecule has 0 radical (unpaired) electrons. The zero-order valence-corrected chi connectivity index (χ0v) is 11.3. The van der Waals surface area contributed by atoms with Crippen LogP contribution in [-0.2, 0) is 4.79 Å². The summed E-state index contributed by atoms with van der Waals surface area (Å²) in [6.45, 7) is 4.51. The Morgan fingerprint density at radius 1 is 1.56 bits per heavy atom. The monoisotopic (exact) mass is 257 g/mol. The van der Waals surface area contributed by atoms with Gasteiger partial charge in [0.1, 0.15) is 0 Å². The molecule has 18 heavy (non-hydrogen) atoms. The van der Waals surface area contributed by atoms with Gasteiger partial charge in [-0.1, -0.05) is 0 Å². The minimum absolute atomic E-state index is 0.0499. The van der Waals surface area contributed by atoms with Gasteiger partial charge in [0.25, 0.3) is 0 Å². The van der Waals surface area contributed by atoms with Gasteiger partial charge in [-0.3, -0.25) is 4.79 Å². The number of nitrogens with one attached hydrogen (secondary N) is 1. The number of hydrogen-bond donors (Lipinski definition) is 2. The lowest BCUT2D eigenvalue weighted by Gasteiger charge is -2.23. The van der Waals surface area contributed by atoms with Crippen LogP contribution in [0.3, 0.4) is 0 Å². The van der Waals surface area contributed by atoms with Crippen molar-refractivity contribution in [3.05, 3.63) is 0 Å². The van der Waals surface area contributed by atoms with Gasteiger partial charge in [-0.15, -0.1) is 0 Å². The van der Waals surface area contributed by atoms with E-state index < -0.39 is 5.97 Å². The standard InChI is InChI=1S/C12H23N3O3/c1-9(6-11(16)17)13-12(18)15(3)8-10-4-5-14(2)7-10/h9-10H,4-8H2,1-3H3,(H,13,18)(H,16,17). The quantitative estimate of drug-likeness (QED) is 0.749. The number of amides is 2. The van der Waals surface area contributed by atoms with Crippen LogP contribution < -0.4 is 5.32 Å². The zero-order valence-electron chi connectivity index (χ0n) is 11.3. The Morgan fingerprint density at radius 3 is 2.72 bits per heavy atom. The van der Waals surface area contributed by atoms with E-state index in [1.165, 1.54) is 0 Å². The van der Waals surface area contributed by atoms with Crippen molar-refractivity contribution in [2.24, 2.45) is 5.92 Å². The molecule has 2 amide bonds. The van der Waals surface area contributed by atoms with Crippen molar-refractivity contribution >= 4 is 12.0 Å². The van der Waals surface area contributed by atoms with E-state index in [9.17, 15) is 9.59 Å². The van der Waals surface area contributed by atoms with E-state index in [1.807, 2.05) is 0 Å². The predicted octanol–water partition coefficient (Wildman–Crippen LogP) is 0.443. The number of likely N-dealkylation sites (tertiary alicyclic amines) is 1. The number of hydrogen-bond acceptors (Lipinski definition) is 3. The van der Waals surface area contributed by atoms with Crippen molar-refractivity contribution in [3.63, 3.8) is 0 Å². The van der Waals surface area contributed by atoms with E-state index in [4.69, 9.17) is 5.11 Å². The fraction of sp³-hybridized carbons (Fsp3) is 0.833. The van der Waals surface area contributed by atoms with Crippen molar-refractivity contribution in [1.82, 2.24) is 15.1 Å². The summed E-state index contributed by atoms with van der Waals surface area (Å²) in [6, 6.07) is -0.540. The van der Waals surface area contributed by atoms with Crippen LogP contribution in [0.15, 0.2) is 0 Å². The fourth-order valence-electron chi connectivity index (χ4n) is 2.28. The highest BCUT2D eigenvalue weighted by Gasteiger charge is 2.23. The molecule has 1 rings (SSSR count). The van der Waals surface area contributed by atoms with Gasteiger partial charge in [-0.2, -0.15) is 0 Å². The Labute approximate surface area is 108 Å². The second-order valence-electron chi connectivity index (χ2n) is 5.25. The van der Waals surface area contributed by atoms with E-state index in [2.05, 4.69) is 17.3 Å². The van der Waals surface area contributed by atoms with Gasteiger partial charge in [0.15, 0.2) is 0 Å². The molecule has 0 aromatic heterocycles. The van der Waals surface area contributed by atoms with Gasteiger partial charge >= 0.3 is 12.0 Å². The van der Waals surface area contributed by atoms with Gasteiger partial charge in [0, 0.05) is 26.2 Å². The van der Waals surface area contributed by atoms with Gasteiger partial charge in [0.2, 0.25) is 0 Å². The van der Waals surface area contributed by atoms with E-state index in [0.29, 0.717) is 5.92 Å². The maximum atomic E-state index is 11.8. The van der Waals surface area contributed by atoms with Crippen LogP contribution in [-0.4, -0.2) is 66.7 Å². The molecular formula is C12H23N3O3. The number of aliphatic carboxylic acids is 1. The summed E-state index contributed by atoms with van der Waals surface area (Å²) >= 11 is 0. The third-order valence-corrected chi connectivity index (χ3v) is 3.22. The lowest BCUT2D eigenvalue weighted by Crippen LogP contribution is -2.44. The molecule has 0 bridgehead atoms. The van der Waals surface area contributed by atoms with Crippen LogP contribution in [0.2, 0.25) is 0 Å². The van der Waals surface area contributed by atoms with E-state index in [0.717, 1.165) is 26.1 Å². The van der Waals surface area contributed by atoms with Crippen LogP contribution >= 0.6 is 0 Å². The Morgan fingerprint density at radius 2 is 2.22 bits per heavy atom. The fourth-order valence-corrected chi connectivity index (χ4v) is 2.28. The highest BCUT2D eigenvalue weighted by atomic mass is 16.4. The summed E-state index contributed by atoms with van der Waals surface area (Å²) in [5, 5.41) is 11.3. The van der Waals surface area contributed by atoms with Crippen LogP contribution in [0, 0.1) is 5.92 Å². The highest BCUT2D eigenvalue weighted by Crippen LogP contribution is 2.15. The molecule has 6 nitrogen and oxygen atoms in total. The molecule has 0 aromatic carbocycles. The first-order valence-corrected chi connectivity index (χ1v) is 6.30.